The molecule has 25 heavy (non-hydrogen) atoms. The third-order valence-corrected chi connectivity index (χ3v) is 4.77. The molecule has 2 aliphatic rings. The maximum atomic E-state index is 13.2. The number of anilines is 1. The van der Waals surface area contributed by atoms with Crippen LogP contribution in [0.2, 0.25) is 0 Å². The van der Waals surface area contributed by atoms with Gasteiger partial charge in [-0.05, 0) is 30.0 Å². The normalized spacial score (nSPS) is 22.7. The molecular weight excluding hydrogens is 337 g/mol. The molecule has 0 saturated carbocycles. The molecule has 0 aromatic heterocycles. The molecule has 0 spiro atoms. The topological polar surface area (TPSA) is 58.6 Å². The van der Waals surface area contributed by atoms with Crippen molar-refractivity contribution in [3.05, 3.63) is 23.8 Å². The molecule has 1 N–H and O–H groups in total. The molecule has 2 heterocycles. The minimum Gasteiger partial charge on any atom is -0.482 e. The Balaban J connectivity index is 1.77. The SMILES string of the molecule is CC1(C)CN(C(=O)c2ccc3c(c2)OCC(=O)N3)CC[C@@H]1C(F)(F)F. The lowest BCUT2D eigenvalue weighted by Crippen LogP contribution is -2.52. The molecule has 136 valence electrons. The Bertz CT molecular complexity index is 716. The van der Waals surface area contributed by atoms with E-state index in [-0.39, 0.29) is 37.9 Å². The summed E-state index contributed by atoms with van der Waals surface area (Å²) in [5.41, 5.74) is -0.245. The number of hydrogen-bond acceptors (Lipinski definition) is 3. The van der Waals surface area contributed by atoms with E-state index >= 15 is 0 Å². The predicted molar refractivity (Wildman–Crippen MR) is 84.4 cm³/mol. The Labute approximate surface area is 143 Å². The van der Waals surface area contributed by atoms with Crippen LogP contribution >= 0.6 is 0 Å². The molecule has 0 aliphatic carbocycles. The molecule has 1 aromatic carbocycles. The third-order valence-electron chi connectivity index (χ3n) is 4.77. The molecular formula is C17H19F3N2O3. The summed E-state index contributed by atoms with van der Waals surface area (Å²) in [6.07, 6.45) is -4.38. The first-order chi connectivity index (χ1) is 11.6. The number of alkyl halides is 3. The highest BCUT2D eigenvalue weighted by Gasteiger charge is 2.51. The summed E-state index contributed by atoms with van der Waals surface area (Å²) in [6.45, 7) is 3.03. The summed E-state index contributed by atoms with van der Waals surface area (Å²) in [6, 6.07) is 4.62. The molecule has 2 amide bonds. The number of hydrogen-bond donors (Lipinski definition) is 1. The van der Waals surface area contributed by atoms with Gasteiger partial charge in [0.25, 0.3) is 11.8 Å². The maximum absolute atomic E-state index is 13.2. The highest BCUT2D eigenvalue weighted by atomic mass is 19.4. The van der Waals surface area contributed by atoms with Crippen LogP contribution in [0.4, 0.5) is 18.9 Å². The lowest BCUT2D eigenvalue weighted by atomic mass is 9.73. The van der Waals surface area contributed by atoms with Crippen molar-refractivity contribution in [2.45, 2.75) is 26.4 Å². The fourth-order valence-corrected chi connectivity index (χ4v) is 3.53. The van der Waals surface area contributed by atoms with E-state index in [0.29, 0.717) is 17.0 Å². The van der Waals surface area contributed by atoms with Crippen LogP contribution in [0.3, 0.4) is 0 Å². The summed E-state index contributed by atoms with van der Waals surface area (Å²) in [4.78, 5) is 25.4. The van der Waals surface area contributed by atoms with Crippen molar-refractivity contribution in [2.75, 3.05) is 25.0 Å². The molecule has 5 nitrogen and oxygen atoms in total. The molecule has 2 aliphatic heterocycles. The maximum Gasteiger partial charge on any atom is 0.392 e. The Morgan fingerprint density at radius 1 is 1.36 bits per heavy atom. The van der Waals surface area contributed by atoms with E-state index in [0.717, 1.165) is 0 Å². The zero-order chi connectivity index (χ0) is 18.4. The van der Waals surface area contributed by atoms with Crippen LogP contribution in [0.5, 0.6) is 5.75 Å². The van der Waals surface area contributed by atoms with Gasteiger partial charge in [0.2, 0.25) is 0 Å². The monoisotopic (exact) mass is 356 g/mol. The van der Waals surface area contributed by atoms with E-state index in [9.17, 15) is 22.8 Å². The minimum absolute atomic E-state index is 0.0324. The average molecular weight is 356 g/mol. The van der Waals surface area contributed by atoms with Gasteiger partial charge in [0.1, 0.15) is 5.75 Å². The number of nitrogens with one attached hydrogen (secondary N) is 1. The van der Waals surface area contributed by atoms with E-state index in [4.69, 9.17) is 4.74 Å². The van der Waals surface area contributed by atoms with Crippen LogP contribution < -0.4 is 10.1 Å². The van der Waals surface area contributed by atoms with Gasteiger partial charge in [-0.3, -0.25) is 9.59 Å². The number of rotatable bonds is 1. The Hall–Kier alpha value is -2.25. The first-order valence-corrected chi connectivity index (χ1v) is 8.00. The van der Waals surface area contributed by atoms with Gasteiger partial charge < -0.3 is 15.0 Å². The van der Waals surface area contributed by atoms with Gasteiger partial charge in [-0.25, -0.2) is 0 Å². The van der Waals surface area contributed by atoms with Gasteiger partial charge in [0.05, 0.1) is 11.6 Å². The second kappa shape index (κ2) is 5.93. The standard InChI is InChI=1S/C17H19F3N2O3/c1-16(2)9-22(6-5-13(16)17(18,19)20)15(24)10-3-4-11-12(7-10)25-8-14(23)21-11/h3-4,7,13H,5-6,8-9H2,1-2H3,(H,21,23)/t13-/m0/s1. The first-order valence-electron chi connectivity index (χ1n) is 8.00. The van der Waals surface area contributed by atoms with E-state index in [2.05, 4.69) is 5.32 Å². The quantitative estimate of drug-likeness (QED) is 0.841. The lowest BCUT2D eigenvalue weighted by molar-refractivity contribution is -0.214. The summed E-state index contributed by atoms with van der Waals surface area (Å²) in [5, 5.41) is 2.63. The second-order valence-corrected chi connectivity index (χ2v) is 7.15. The number of likely N-dealkylation sites (tertiary alicyclic amines) is 1. The minimum atomic E-state index is -4.27. The molecule has 1 atom stereocenters. The Morgan fingerprint density at radius 3 is 2.72 bits per heavy atom. The van der Waals surface area contributed by atoms with E-state index in [1.165, 1.54) is 24.8 Å². The van der Waals surface area contributed by atoms with Crippen molar-refractivity contribution in [2.24, 2.45) is 11.3 Å². The van der Waals surface area contributed by atoms with Gasteiger partial charge in [-0.2, -0.15) is 13.2 Å². The van der Waals surface area contributed by atoms with Crippen LogP contribution in [0.25, 0.3) is 0 Å². The van der Waals surface area contributed by atoms with Crippen molar-refractivity contribution in [3.8, 4) is 5.75 Å². The molecule has 1 saturated heterocycles. The van der Waals surface area contributed by atoms with E-state index in [1.54, 1.807) is 12.1 Å². The van der Waals surface area contributed by atoms with Crippen molar-refractivity contribution >= 4 is 17.5 Å². The largest absolute Gasteiger partial charge is 0.482 e. The third kappa shape index (κ3) is 3.43. The molecule has 0 radical (unpaired) electrons. The van der Waals surface area contributed by atoms with Gasteiger partial charge in [-0.1, -0.05) is 13.8 Å². The zero-order valence-corrected chi connectivity index (χ0v) is 13.9. The van der Waals surface area contributed by atoms with Crippen molar-refractivity contribution in [1.82, 2.24) is 4.90 Å². The number of carbonyl (C=O) groups is 2. The van der Waals surface area contributed by atoms with Gasteiger partial charge in [-0.15, -0.1) is 0 Å². The van der Waals surface area contributed by atoms with Crippen LogP contribution in [-0.2, 0) is 4.79 Å². The van der Waals surface area contributed by atoms with Gasteiger partial charge in [0.15, 0.2) is 6.61 Å². The molecule has 1 fully saturated rings. The number of halogens is 3. The Kier molecular flexibility index (Phi) is 4.17. The van der Waals surface area contributed by atoms with E-state index < -0.39 is 17.5 Å². The van der Waals surface area contributed by atoms with Crippen molar-refractivity contribution < 1.29 is 27.5 Å². The van der Waals surface area contributed by atoms with Crippen molar-refractivity contribution in [3.63, 3.8) is 0 Å². The lowest BCUT2D eigenvalue weighted by Gasteiger charge is -2.44. The molecule has 1 aromatic rings. The Morgan fingerprint density at radius 2 is 2.08 bits per heavy atom. The average Bonchev–Trinajstić information content (AvgIpc) is 2.51. The fraction of sp³-hybridized carbons (Fsp3) is 0.529. The number of nitrogens with zero attached hydrogens (tertiary/aromatic N) is 1. The number of fused-ring (bicyclic) bond motifs is 1. The zero-order valence-electron chi connectivity index (χ0n) is 13.9. The summed E-state index contributed by atoms with van der Waals surface area (Å²) in [5.74, 6) is -1.65. The van der Waals surface area contributed by atoms with Crippen molar-refractivity contribution in [1.29, 1.82) is 0 Å². The first kappa shape index (κ1) is 17.6. The second-order valence-electron chi connectivity index (χ2n) is 7.15. The smallest absolute Gasteiger partial charge is 0.392 e. The number of carbonyl (C=O) groups excluding carboxylic acids is 2. The number of benzene rings is 1. The van der Waals surface area contributed by atoms with Gasteiger partial charge >= 0.3 is 6.18 Å². The molecule has 0 bridgehead atoms. The predicted octanol–water partition coefficient (Wildman–Crippen LogP) is 3.07. The number of ether oxygens (including phenoxy) is 1. The van der Waals surface area contributed by atoms with Crippen LogP contribution in [0.1, 0.15) is 30.6 Å². The van der Waals surface area contributed by atoms with Crippen LogP contribution in [-0.4, -0.2) is 42.6 Å². The van der Waals surface area contributed by atoms with E-state index in [1.807, 2.05) is 0 Å². The summed E-state index contributed by atoms with van der Waals surface area (Å²) in [7, 11) is 0. The summed E-state index contributed by atoms with van der Waals surface area (Å²) < 4.78 is 44.7. The number of amides is 2. The molecule has 3 rings (SSSR count). The fourth-order valence-electron chi connectivity index (χ4n) is 3.53. The summed E-state index contributed by atoms with van der Waals surface area (Å²) >= 11 is 0. The van der Waals surface area contributed by atoms with Gasteiger partial charge in [0, 0.05) is 18.7 Å². The highest BCUT2D eigenvalue weighted by molar-refractivity contribution is 5.99. The highest BCUT2D eigenvalue weighted by Crippen LogP contribution is 2.45. The van der Waals surface area contributed by atoms with Crippen LogP contribution in [0, 0.1) is 11.3 Å². The molecule has 0 unspecified atom stereocenters. The number of piperidine rings is 1. The van der Waals surface area contributed by atoms with Crippen LogP contribution in [0.15, 0.2) is 18.2 Å². The molecule has 8 heteroatoms.